The molecule has 0 radical (unpaired) electrons. The first kappa shape index (κ1) is 20.4. The minimum absolute atomic E-state index is 0.0892. The second-order valence-electron chi connectivity index (χ2n) is 7.97. The average Bonchev–Trinajstić information content (AvgIpc) is 2.99. The minimum Gasteiger partial charge on any atom is -0.490 e. The van der Waals surface area contributed by atoms with Gasteiger partial charge >= 0.3 is 0 Å². The Morgan fingerprint density at radius 3 is 2.31 bits per heavy atom. The zero-order chi connectivity index (χ0) is 20.4. The summed E-state index contributed by atoms with van der Waals surface area (Å²) in [7, 11) is -1.56. The number of amides is 1. The van der Waals surface area contributed by atoms with Crippen molar-refractivity contribution in [2.45, 2.75) is 24.2 Å². The fourth-order valence-corrected chi connectivity index (χ4v) is 5.57. The first-order valence-corrected chi connectivity index (χ1v) is 11.8. The van der Waals surface area contributed by atoms with Crippen molar-refractivity contribution in [1.82, 2.24) is 14.1 Å². The van der Waals surface area contributed by atoms with E-state index in [9.17, 15) is 13.2 Å². The SMILES string of the molecule is CN1CCN(C(=O)C2CCN(S(=O)(=O)c3ccc4c(c3)OCCCO4)CC2)CC1. The van der Waals surface area contributed by atoms with Crippen LogP contribution in [0.3, 0.4) is 0 Å². The van der Waals surface area contributed by atoms with Crippen LogP contribution in [-0.4, -0.2) is 88.0 Å². The number of benzene rings is 1. The molecule has 0 N–H and O–H groups in total. The van der Waals surface area contributed by atoms with Crippen molar-refractivity contribution >= 4 is 15.9 Å². The van der Waals surface area contributed by atoms with E-state index >= 15 is 0 Å². The molecule has 0 aromatic heterocycles. The van der Waals surface area contributed by atoms with Crippen molar-refractivity contribution in [2.24, 2.45) is 5.92 Å². The number of nitrogens with zero attached hydrogens (tertiary/aromatic N) is 3. The standard InChI is InChI=1S/C20H29N3O5S/c1-21-9-11-22(12-10-21)20(24)16-5-7-23(8-6-16)29(25,26)17-3-4-18-19(15-17)28-14-2-13-27-18/h3-4,15-16H,2,5-14H2,1H3. The summed E-state index contributed by atoms with van der Waals surface area (Å²) < 4.78 is 38.9. The van der Waals surface area contributed by atoms with E-state index in [1.54, 1.807) is 18.2 Å². The molecule has 0 bridgehead atoms. The summed E-state index contributed by atoms with van der Waals surface area (Å²) >= 11 is 0. The minimum atomic E-state index is -3.62. The summed E-state index contributed by atoms with van der Waals surface area (Å²) in [6.45, 7) is 5.09. The lowest BCUT2D eigenvalue weighted by molar-refractivity contribution is -0.138. The number of carbonyl (C=O) groups is 1. The maximum atomic E-state index is 13.1. The quantitative estimate of drug-likeness (QED) is 0.722. The number of piperazine rings is 1. The van der Waals surface area contributed by atoms with E-state index in [-0.39, 0.29) is 16.7 Å². The first-order valence-electron chi connectivity index (χ1n) is 10.3. The molecule has 8 nitrogen and oxygen atoms in total. The van der Waals surface area contributed by atoms with Gasteiger partial charge in [-0.25, -0.2) is 8.42 Å². The molecule has 0 saturated carbocycles. The number of carbonyl (C=O) groups excluding carboxylic acids is 1. The smallest absolute Gasteiger partial charge is 0.243 e. The van der Waals surface area contributed by atoms with E-state index in [0.29, 0.717) is 50.6 Å². The number of fused-ring (bicyclic) bond motifs is 1. The molecule has 9 heteroatoms. The fraction of sp³-hybridized carbons (Fsp3) is 0.650. The van der Waals surface area contributed by atoms with Gasteiger partial charge in [0.25, 0.3) is 0 Å². The number of likely N-dealkylation sites (N-methyl/N-ethyl adjacent to an activating group) is 1. The second-order valence-corrected chi connectivity index (χ2v) is 9.90. The maximum absolute atomic E-state index is 13.1. The topological polar surface area (TPSA) is 79.4 Å². The molecule has 3 aliphatic heterocycles. The summed E-state index contributed by atoms with van der Waals surface area (Å²) in [5.41, 5.74) is 0. The molecule has 1 amide bonds. The van der Waals surface area contributed by atoms with Crippen molar-refractivity contribution in [1.29, 1.82) is 0 Å². The van der Waals surface area contributed by atoms with E-state index in [2.05, 4.69) is 11.9 Å². The third-order valence-electron chi connectivity index (χ3n) is 5.97. The van der Waals surface area contributed by atoms with Gasteiger partial charge in [0.15, 0.2) is 11.5 Å². The van der Waals surface area contributed by atoms with Gasteiger partial charge in [-0.1, -0.05) is 0 Å². The van der Waals surface area contributed by atoms with Crippen molar-refractivity contribution in [2.75, 3.05) is 59.5 Å². The largest absolute Gasteiger partial charge is 0.490 e. The van der Waals surface area contributed by atoms with Crippen LogP contribution >= 0.6 is 0 Å². The second kappa shape index (κ2) is 8.49. The van der Waals surface area contributed by atoms with Crippen LogP contribution in [0.4, 0.5) is 0 Å². The highest BCUT2D eigenvalue weighted by molar-refractivity contribution is 7.89. The molecule has 0 atom stereocenters. The number of hydrogen-bond donors (Lipinski definition) is 0. The highest BCUT2D eigenvalue weighted by Gasteiger charge is 2.34. The lowest BCUT2D eigenvalue weighted by Gasteiger charge is -2.37. The van der Waals surface area contributed by atoms with Gasteiger partial charge in [-0.05, 0) is 32.0 Å². The van der Waals surface area contributed by atoms with Gasteiger partial charge < -0.3 is 19.3 Å². The molecule has 29 heavy (non-hydrogen) atoms. The van der Waals surface area contributed by atoms with Crippen LogP contribution in [0.25, 0.3) is 0 Å². The Hall–Kier alpha value is -1.84. The van der Waals surface area contributed by atoms with E-state index in [1.165, 1.54) is 4.31 Å². The third-order valence-corrected chi connectivity index (χ3v) is 7.87. The van der Waals surface area contributed by atoms with Crippen LogP contribution in [0, 0.1) is 5.92 Å². The Labute approximate surface area is 172 Å². The number of ether oxygens (including phenoxy) is 2. The molecule has 2 fully saturated rings. The highest BCUT2D eigenvalue weighted by atomic mass is 32.2. The molecule has 3 aliphatic rings. The fourth-order valence-electron chi connectivity index (χ4n) is 4.08. The normalized spacial score (nSPS) is 22.3. The van der Waals surface area contributed by atoms with Crippen molar-refractivity contribution in [3.05, 3.63) is 18.2 Å². The third kappa shape index (κ3) is 4.36. The number of rotatable bonds is 3. The van der Waals surface area contributed by atoms with Crippen LogP contribution in [-0.2, 0) is 14.8 Å². The van der Waals surface area contributed by atoms with Gasteiger partial charge in [0, 0.05) is 57.7 Å². The number of hydrogen-bond acceptors (Lipinski definition) is 6. The summed E-state index contributed by atoms with van der Waals surface area (Å²) in [5.74, 6) is 1.14. The van der Waals surface area contributed by atoms with E-state index in [1.807, 2.05) is 4.90 Å². The summed E-state index contributed by atoms with van der Waals surface area (Å²) in [6, 6.07) is 4.79. The average molecular weight is 424 g/mol. The van der Waals surface area contributed by atoms with Gasteiger partial charge in [0.1, 0.15) is 0 Å². The molecule has 160 valence electrons. The van der Waals surface area contributed by atoms with Gasteiger partial charge in [-0.3, -0.25) is 4.79 Å². The van der Waals surface area contributed by atoms with Crippen LogP contribution in [0.2, 0.25) is 0 Å². The van der Waals surface area contributed by atoms with E-state index in [0.717, 1.165) is 32.6 Å². The Balaban J connectivity index is 1.40. The Bertz CT molecular complexity index is 844. The predicted octanol–water partition coefficient (Wildman–Crippen LogP) is 1.02. The molecule has 4 rings (SSSR count). The molecule has 2 saturated heterocycles. The zero-order valence-corrected chi connectivity index (χ0v) is 17.7. The van der Waals surface area contributed by atoms with Gasteiger partial charge in [-0.2, -0.15) is 4.31 Å². The Morgan fingerprint density at radius 2 is 1.62 bits per heavy atom. The van der Waals surface area contributed by atoms with Crippen LogP contribution in [0.15, 0.2) is 23.1 Å². The van der Waals surface area contributed by atoms with Crippen LogP contribution in [0.5, 0.6) is 11.5 Å². The van der Waals surface area contributed by atoms with E-state index < -0.39 is 10.0 Å². The number of sulfonamides is 1. The molecular formula is C20H29N3O5S. The van der Waals surface area contributed by atoms with Crippen LogP contribution in [0.1, 0.15) is 19.3 Å². The van der Waals surface area contributed by atoms with Gasteiger partial charge in [-0.15, -0.1) is 0 Å². The van der Waals surface area contributed by atoms with Gasteiger partial charge in [0.05, 0.1) is 18.1 Å². The maximum Gasteiger partial charge on any atom is 0.243 e. The molecule has 0 spiro atoms. The summed E-state index contributed by atoms with van der Waals surface area (Å²) in [5, 5.41) is 0. The summed E-state index contributed by atoms with van der Waals surface area (Å²) in [4.78, 5) is 17.1. The Morgan fingerprint density at radius 1 is 0.966 bits per heavy atom. The lowest BCUT2D eigenvalue weighted by Crippen LogP contribution is -2.50. The Kier molecular flexibility index (Phi) is 5.98. The molecule has 0 aliphatic carbocycles. The molecule has 1 aromatic rings. The van der Waals surface area contributed by atoms with Gasteiger partial charge in [0.2, 0.25) is 15.9 Å². The highest BCUT2D eigenvalue weighted by Crippen LogP contribution is 2.34. The lowest BCUT2D eigenvalue weighted by atomic mass is 9.96. The van der Waals surface area contributed by atoms with E-state index in [4.69, 9.17) is 9.47 Å². The van der Waals surface area contributed by atoms with Crippen LogP contribution < -0.4 is 9.47 Å². The monoisotopic (exact) mass is 423 g/mol. The molecule has 3 heterocycles. The molecular weight excluding hydrogens is 394 g/mol. The predicted molar refractivity (Wildman–Crippen MR) is 108 cm³/mol. The first-order chi connectivity index (χ1) is 13.9. The zero-order valence-electron chi connectivity index (χ0n) is 16.9. The molecule has 0 unspecified atom stereocenters. The summed E-state index contributed by atoms with van der Waals surface area (Å²) in [6.07, 6.45) is 1.90. The number of piperidine rings is 1. The molecule has 1 aromatic carbocycles. The van der Waals surface area contributed by atoms with Crippen molar-refractivity contribution in [3.8, 4) is 11.5 Å². The van der Waals surface area contributed by atoms with Crippen molar-refractivity contribution < 1.29 is 22.7 Å². The van der Waals surface area contributed by atoms with Crippen molar-refractivity contribution in [3.63, 3.8) is 0 Å².